The molecule has 7 heteroatoms. The van der Waals surface area contributed by atoms with Crippen molar-refractivity contribution in [2.75, 3.05) is 19.6 Å². The molecule has 1 amide bonds. The Morgan fingerprint density at radius 3 is 3.05 bits per heavy atom. The molecular formula is C15H17AsN5O. The molecule has 113 valence electrons. The zero-order chi connectivity index (χ0) is 15.8. The molecule has 1 aliphatic rings. The quantitative estimate of drug-likeness (QED) is 0.562. The molecule has 1 radical (unpaired) electrons. The van der Waals surface area contributed by atoms with Gasteiger partial charge in [-0.25, -0.2) is 0 Å². The first kappa shape index (κ1) is 16.5. The van der Waals surface area contributed by atoms with Gasteiger partial charge in [-0.15, -0.1) is 0 Å². The molecule has 6 nitrogen and oxygen atoms in total. The van der Waals surface area contributed by atoms with Crippen LogP contribution in [0.1, 0.15) is 18.4 Å². The molecule has 1 saturated heterocycles. The van der Waals surface area contributed by atoms with E-state index in [1.807, 2.05) is 12.1 Å². The van der Waals surface area contributed by atoms with E-state index in [9.17, 15) is 4.79 Å². The second-order valence-electron chi connectivity index (χ2n) is 4.95. The van der Waals surface area contributed by atoms with Crippen LogP contribution in [0.5, 0.6) is 0 Å². The third-order valence-corrected chi connectivity index (χ3v) is 5.61. The fourth-order valence-corrected chi connectivity index (χ4v) is 4.01. The van der Waals surface area contributed by atoms with Gasteiger partial charge in [-0.1, -0.05) is 0 Å². The Labute approximate surface area is 136 Å². The second-order valence-corrected chi connectivity index (χ2v) is 7.51. The number of aromatic nitrogens is 1. The van der Waals surface area contributed by atoms with Crippen LogP contribution in [0.3, 0.4) is 0 Å². The normalized spacial score (nSPS) is 17.5. The average Bonchev–Trinajstić information content (AvgIpc) is 3.03. The van der Waals surface area contributed by atoms with Crippen molar-refractivity contribution in [1.29, 1.82) is 10.5 Å². The molecule has 0 saturated carbocycles. The predicted molar refractivity (Wildman–Crippen MR) is 82.4 cm³/mol. The molecule has 0 aromatic carbocycles. The van der Waals surface area contributed by atoms with Gasteiger partial charge in [-0.2, -0.15) is 0 Å². The Hall–Kier alpha value is -1.88. The number of hydrogen-bond donors (Lipinski definition) is 1. The van der Waals surface area contributed by atoms with Crippen molar-refractivity contribution in [1.82, 2.24) is 15.2 Å². The summed E-state index contributed by atoms with van der Waals surface area (Å²) in [6, 6.07) is 7.66. The van der Waals surface area contributed by atoms with Gasteiger partial charge in [0.2, 0.25) is 0 Å². The van der Waals surface area contributed by atoms with E-state index < -0.39 is 0 Å². The van der Waals surface area contributed by atoms with E-state index in [1.165, 1.54) is 0 Å². The van der Waals surface area contributed by atoms with Crippen molar-refractivity contribution in [3.63, 3.8) is 0 Å². The minimum absolute atomic E-state index is 0.0109. The van der Waals surface area contributed by atoms with E-state index in [0.29, 0.717) is 18.7 Å². The molecule has 1 aromatic heterocycles. The van der Waals surface area contributed by atoms with Gasteiger partial charge in [-0.3, -0.25) is 0 Å². The third-order valence-electron chi connectivity index (χ3n) is 3.44. The van der Waals surface area contributed by atoms with Crippen LogP contribution in [0, 0.1) is 22.7 Å². The molecule has 1 N–H and O–H groups in total. The summed E-state index contributed by atoms with van der Waals surface area (Å²) in [6.45, 7) is 1.75. The van der Waals surface area contributed by atoms with Gasteiger partial charge in [0.05, 0.1) is 0 Å². The number of rotatable bonds is 6. The fourth-order valence-electron chi connectivity index (χ4n) is 2.29. The molecule has 0 unspecified atom stereocenters. The van der Waals surface area contributed by atoms with Gasteiger partial charge < -0.3 is 0 Å². The van der Waals surface area contributed by atoms with Gasteiger partial charge in [0.25, 0.3) is 0 Å². The number of hydrogen-bond acceptors (Lipinski definition) is 5. The van der Waals surface area contributed by atoms with Crippen LogP contribution in [0.15, 0.2) is 18.3 Å². The molecule has 0 bridgehead atoms. The van der Waals surface area contributed by atoms with Crippen LogP contribution in [-0.2, 0) is 4.79 Å². The molecule has 0 aliphatic carbocycles. The molecule has 1 aliphatic heterocycles. The predicted octanol–water partition coefficient (Wildman–Crippen LogP) is -0.195. The van der Waals surface area contributed by atoms with E-state index in [-0.39, 0.29) is 27.7 Å². The number of pyridine rings is 1. The van der Waals surface area contributed by atoms with Gasteiger partial charge in [-0.05, 0) is 0 Å². The van der Waals surface area contributed by atoms with E-state index >= 15 is 0 Å². The van der Waals surface area contributed by atoms with Gasteiger partial charge in [0, 0.05) is 0 Å². The van der Waals surface area contributed by atoms with Crippen molar-refractivity contribution < 1.29 is 4.79 Å². The topological polar surface area (TPSA) is 92.8 Å². The number of likely N-dealkylation sites (tertiary alicyclic amines) is 1. The van der Waals surface area contributed by atoms with Crippen LogP contribution >= 0.6 is 0 Å². The number of nitriles is 2. The standard InChI is InChI=1S/C15H17AsN5O/c17-8-12-3-4-14(20-10-12)16-5-6-19-11-15(22)21-7-1-2-13(21)9-18/h3-4,10,13,19H,1-2,5-7,11H2/t13-/m0/s1. The van der Waals surface area contributed by atoms with E-state index in [1.54, 1.807) is 17.2 Å². The number of carbonyl (C=O) groups excluding carboxylic acids is 1. The maximum absolute atomic E-state index is 12.0. The summed E-state index contributed by atoms with van der Waals surface area (Å²) in [5.41, 5.74) is 0.575. The summed E-state index contributed by atoms with van der Waals surface area (Å²) >= 11 is -0.0580. The Kier molecular flexibility index (Phi) is 6.40. The maximum atomic E-state index is 12.0. The van der Waals surface area contributed by atoms with E-state index in [2.05, 4.69) is 16.4 Å². The molecule has 1 fully saturated rings. The van der Waals surface area contributed by atoms with Crippen LogP contribution < -0.4 is 9.80 Å². The van der Waals surface area contributed by atoms with Gasteiger partial charge in [0.1, 0.15) is 0 Å². The summed E-state index contributed by atoms with van der Waals surface area (Å²) in [4.78, 5) is 17.9. The van der Waals surface area contributed by atoms with Crippen LogP contribution in [0.4, 0.5) is 0 Å². The molecule has 2 rings (SSSR count). The van der Waals surface area contributed by atoms with E-state index in [4.69, 9.17) is 10.5 Å². The summed E-state index contributed by atoms with van der Waals surface area (Å²) in [5, 5.41) is 21.8. The van der Waals surface area contributed by atoms with Crippen LogP contribution in [-0.4, -0.2) is 57.2 Å². The molecule has 22 heavy (non-hydrogen) atoms. The zero-order valence-corrected chi connectivity index (χ0v) is 14.1. The number of amides is 1. The first-order valence-corrected chi connectivity index (χ1v) is 9.44. The summed E-state index contributed by atoms with van der Waals surface area (Å²) in [5.74, 6) is 0.0109. The van der Waals surface area contributed by atoms with Crippen molar-refractivity contribution >= 4 is 26.1 Å². The van der Waals surface area contributed by atoms with Crippen LogP contribution in [0.2, 0.25) is 5.21 Å². The molecule has 0 spiro atoms. The van der Waals surface area contributed by atoms with Crippen molar-refractivity contribution in [2.24, 2.45) is 0 Å². The number of nitrogens with one attached hydrogen (secondary N) is 1. The Morgan fingerprint density at radius 2 is 2.36 bits per heavy atom. The first-order valence-electron chi connectivity index (χ1n) is 7.18. The van der Waals surface area contributed by atoms with Gasteiger partial charge in [0.15, 0.2) is 0 Å². The van der Waals surface area contributed by atoms with Crippen molar-refractivity contribution in [2.45, 2.75) is 24.1 Å². The van der Waals surface area contributed by atoms with Crippen molar-refractivity contribution in [3.05, 3.63) is 23.9 Å². The summed E-state index contributed by atoms with van der Waals surface area (Å²) in [6.07, 6.45) is 3.30. The SMILES string of the molecule is N#Cc1ccc([As]CCNCC(=O)N2CCC[C@H]2C#N)nc1. The van der Waals surface area contributed by atoms with Gasteiger partial charge >= 0.3 is 136 Å². The second kappa shape index (κ2) is 8.53. The summed E-state index contributed by atoms with van der Waals surface area (Å²) < 4.78 is 1.03. The molecule has 1 aromatic rings. The first-order chi connectivity index (χ1) is 10.7. The Morgan fingerprint density at radius 1 is 1.50 bits per heavy atom. The van der Waals surface area contributed by atoms with Crippen LogP contribution in [0.25, 0.3) is 0 Å². The average molecular weight is 358 g/mol. The zero-order valence-electron chi connectivity index (χ0n) is 12.2. The fraction of sp³-hybridized carbons (Fsp3) is 0.467. The third kappa shape index (κ3) is 4.56. The Bertz CT molecular complexity index is 589. The minimum atomic E-state index is -0.247. The van der Waals surface area contributed by atoms with E-state index in [0.717, 1.165) is 29.1 Å². The summed E-state index contributed by atoms with van der Waals surface area (Å²) in [7, 11) is 0. The molecular weight excluding hydrogens is 341 g/mol. The number of carbonyl (C=O) groups is 1. The Balaban J connectivity index is 1.64. The molecule has 1 atom stereocenters. The van der Waals surface area contributed by atoms with Crippen molar-refractivity contribution in [3.8, 4) is 12.1 Å². The number of nitrogens with zero attached hydrogens (tertiary/aromatic N) is 4. The molecule has 2 heterocycles. The monoisotopic (exact) mass is 358 g/mol.